The van der Waals surface area contributed by atoms with Crippen molar-refractivity contribution in [1.82, 2.24) is 10.3 Å². The third-order valence-electron chi connectivity index (χ3n) is 3.22. The molecule has 0 aliphatic heterocycles. The van der Waals surface area contributed by atoms with Crippen LogP contribution in [0.2, 0.25) is 0 Å². The van der Waals surface area contributed by atoms with Crippen molar-refractivity contribution >= 4 is 0 Å². The maximum atomic E-state index is 8.93. The first kappa shape index (κ1) is 13.3. The highest BCUT2D eigenvalue weighted by Gasteiger charge is 2.11. The first-order valence-corrected chi connectivity index (χ1v) is 6.36. The van der Waals surface area contributed by atoms with Crippen molar-refractivity contribution in [3.05, 3.63) is 65.5 Å². The van der Waals surface area contributed by atoms with E-state index >= 15 is 0 Å². The summed E-state index contributed by atoms with van der Waals surface area (Å²) in [5, 5.41) is 12.5. The molecule has 0 fully saturated rings. The van der Waals surface area contributed by atoms with E-state index in [9.17, 15) is 0 Å². The van der Waals surface area contributed by atoms with Gasteiger partial charge in [0.2, 0.25) is 0 Å². The Morgan fingerprint density at radius 3 is 2.42 bits per heavy atom. The van der Waals surface area contributed by atoms with Crippen LogP contribution >= 0.6 is 0 Å². The molecule has 0 bridgehead atoms. The van der Waals surface area contributed by atoms with Gasteiger partial charge in [0.15, 0.2) is 0 Å². The highest BCUT2D eigenvalue weighted by molar-refractivity contribution is 5.34. The Hall–Kier alpha value is -2.18. The number of benzene rings is 1. The molecule has 0 amide bonds. The second-order valence-electron chi connectivity index (χ2n) is 4.63. The summed E-state index contributed by atoms with van der Waals surface area (Å²) >= 11 is 0. The van der Waals surface area contributed by atoms with Crippen LogP contribution in [-0.2, 0) is 0 Å². The van der Waals surface area contributed by atoms with Crippen molar-refractivity contribution in [3.63, 3.8) is 0 Å². The Balaban J connectivity index is 2.08. The van der Waals surface area contributed by atoms with Gasteiger partial charge in [-0.05, 0) is 49.2 Å². The molecule has 96 valence electrons. The number of nitrogens with zero attached hydrogens (tertiary/aromatic N) is 2. The summed E-state index contributed by atoms with van der Waals surface area (Å²) in [5.41, 5.74) is 3.03. The molecule has 1 aromatic carbocycles. The van der Waals surface area contributed by atoms with Gasteiger partial charge in [0.25, 0.3) is 0 Å². The number of pyridine rings is 1. The van der Waals surface area contributed by atoms with Crippen molar-refractivity contribution in [1.29, 1.82) is 5.26 Å². The van der Waals surface area contributed by atoms with Crippen LogP contribution < -0.4 is 5.32 Å². The summed E-state index contributed by atoms with van der Waals surface area (Å²) in [6.07, 6.45) is 3.60. The molecule has 0 aliphatic rings. The molecule has 1 aromatic heterocycles. The van der Waals surface area contributed by atoms with Crippen LogP contribution in [0.25, 0.3) is 0 Å². The second kappa shape index (κ2) is 6.12. The molecule has 1 N–H and O–H groups in total. The number of rotatable bonds is 4. The molecule has 3 nitrogen and oxygen atoms in total. The Morgan fingerprint density at radius 1 is 1.05 bits per heavy atom. The van der Waals surface area contributed by atoms with Crippen molar-refractivity contribution in [3.8, 4) is 6.07 Å². The summed E-state index contributed by atoms with van der Waals surface area (Å²) in [6, 6.07) is 14.3. The lowest BCUT2D eigenvalue weighted by molar-refractivity contribution is 0.494. The van der Waals surface area contributed by atoms with E-state index in [0.717, 1.165) is 5.56 Å². The van der Waals surface area contributed by atoms with E-state index in [2.05, 4.69) is 30.2 Å². The number of aromatic nitrogens is 1. The van der Waals surface area contributed by atoms with Gasteiger partial charge in [-0.2, -0.15) is 5.26 Å². The molecule has 0 saturated carbocycles. The number of hydrogen-bond acceptors (Lipinski definition) is 3. The Labute approximate surface area is 113 Å². The normalized spacial score (nSPS) is 13.5. The highest BCUT2D eigenvalue weighted by Crippen LogP contribution is 2.19. The first-order chi connectivity index (χ1) is 9.20. The molecule has 3 heteroatoms. The van der Waals surface area contributed by atoms with Crippen molar-refractivity contribution in [2.45, 2.75) is 25.9 Å². The van der Waals surface area contributed by atoms with E-state index in [4.69, 9.17) is 5.26 Å². The smallest absolute Gasteiger partial charge is 0.0991 e. The van der Waals surface area contributed by atoms with Crippen molar-refractivity contribution in [2.24, 2.45) is 0 Å². The molecule has 19 heavy (non-hydrogen) atoms. The summed E-state index contributed by atoms with van der Waals surface area (Å²) in [7, 11) is 0. The Morgan fingerprint density at radius 2 is 1.74 bits per heavy atom. The van der Waals surface area contributed by atoms with Gasteiger partial charge in [0, 0.05) is 24.5 Å². The van der Waals surface area contributed by atoms with Gasteiger partial charge in [-0.15, -0.1) is 0 Å². The number of nitrogens with one attached hydrogen (secondary N) is 1. The monoisotopic (exact) mass is 251 g/mol. The van der Waals surface area contributed by atoms with Gasteiger partial charge in [0.05, 0.1) is 11.6 Å². The minimum absolute atomic E-state index is 0.191. The predicted octanol–water partition coefficient (Wildman–Crippen LogP) is 3.37. The maximum Gasteiger partial charge on any atom is 0.0991 e. The second-order valence-corrected chi connectivity index (χ2v) is 4.63. The van der Waals surface area contributed by atoms with Gasteiger partial charge < -0.3 is 5.32 Å². The lowest BCUT2D eigenvalue weighted by Crippen LogP contribution is -2.22. The van der Waals surface area contributed by atoms with Crippen LogP contribution in [0.5, 0.6) is 0 Å². The van der Waals surface area contributed by atoms with Gasteiger partial charge in [-0.3, -0.25) is 4.98 Å². The van der Waals surface area contributed by atoms with Gasteiger partial charge in [-0.25, -0.2) is 0 Å². The summed E-state index contributed by atoms with van der Waals surface area (Å²) in [6.45, 7) is 4.23. The largest absolute Gasteiger partial charge is 0.304 e. The van der Waals surface area contributed by atoms with Gasteiger partial charge in [-0.1, -0.05) is 12.1 Å². The lowest BCUT2D eigenvalue weighted by atomic mass is 10.0. The third kappa shape index (κ3) is 3.40. The van der Waals surface area contributed by atoms with Crippen LogP contribution in [0.15, 0.2) is 48.8 Å². The molecule has 2 aromatic rings. The SMILES string of the molecule is CC(N[C@H](C)c1ccncc1)c1cccc(C#N)c1. The zero-order valence-corrected chi connectivity index (χ0v) is 11.2. The Bertz CT molecular complexity index is 572. The third-order valence-corrected chi connectivity index (χ3v) is 3.22. The molecule has 0 saturated heterocycles. The maximum absolute atomic E-state index is 8.93. The zero-order chi connectivity index (χ0) is 13.7. The average molecular weight is 251 g/mol. The molecular formula is C16H17N3. The first-order valence-electron chi connectivity index (χ1n) is 6.36. The Kier molecular flexibility index (Phi) is 4.27. The molecular weight excluding hydrogens is 234 g/mol. The van der Waals surface area contributed by atoms with E-state index in [1.807, 2.05) is 36.4 Å². The summed E-state index contributed by atoms with van der Waals surface area (Å²) in [5.74, 6) is 0. The molecule has 1 heterocycles. The molecule has 1 unspecified atom stereocenters. The molecule has 0 radical (unpaired) electrons. The summed E-state index contributed by atoms with van der Waals surface area (Å²) in [4.78, 5) is 4.02. The lowest BCUT2D eigenvalue weighted by Gasteiger charge is -2.20. The fourth-order valence-electron chi connectivity index (χ4n) is 2.10. The highest BCUT2D eigenvalue weighted by atomic mass is 14.9. The predicted molar refractivity (Wildman–Crippen MR) is 75.4 cm³/mol. The number of hydrogen-bond donors (Lipinski definition) is 1. The van der Waals surface area contributed by atoms with Crippen molar-refractivity contribution in [2.75, 3.05) is 0 Å². The number of nitriles is 1. The van der Waals surface area contributed by atoms with Crippen LogP contribution in [-0.4, -0.2) is 4.98 Å². The fourth-order valence-corrected chi connectivity index (χ4v) is 2.10. The minimum Gasteiger partial charge on any atom is -0.304 e. The summed E-state index contributed by atoms with van der Waals surface area (Å²) < 4.78 is 0. The quantitative estimate of drug-likeness (QED) is 0.906. The van der Waals surface area contributed by atoms with Crippen LogP contribution in [0.1, 0.15) is 42.6 Å². The van der Waals surface area contributed by atoms with E-state index in [-0.39, 0.29) is 12.1 Å². The van der Waals surface area contributed by atoms with Gasteiger partial charge >= 0.3 is 0 Å². The van der Waals surface area contributed by atoms with E-state index in [1.54, 1.807) is 12.4 Å². The van der Waals surface area contributed by atoms with E-state index in [0.29, 0.717) is 5.56 Å². The topological polar surface area (TPSA) is 48.7 Å². The van der Waals surface area contributed by atoms with Crippen LogP contribution in [0, 0.1) is 11.3 Å². The standard InChI is InChI=1S/C16H17N3/c1-12(15-6-8-18-9-7-15)19-13(2)16-5-3-4-14(10-16)11-17/h3-10,12-13,19H,1-2H3/t12-,13?/m1/s1. The minimum atomic E-state index is 0.191. The van der Waals surface area contributed by atoms with Gasteiger partial charge in [0.1, 0.15) is 0 Å². The fraction of sp³-hybridized carbons (Fsp3) is 0.250. The molecule has 2 rings (SSSR count). The molecule has 2 atom stereocenters. The zero-order valence-electron chi connectivity index (χ0n) is 11.2. The van der Waals surface area contributed by atoms with Crippen LogP contribution in [0.4, 0.5) is 0 Å². The van der Waals surface area contributed by atoms with E-state index in [1.165, 1.54) is 5.56 Å². The van der Waals surface area contributed by atoms with Crippen molar-refractivity contribution < 1.29 is 0 Å². The molecule has 0 aliphatic carbocycles. The average Bonchev–Trinajstić information content (AvgIpc) is 2.48. The molecule has 0 spiro atoms. The van der Waals surface area contributed by atoms with E-state index < -0.39 is 0 Å². The van der Waals surface area contributed by atoms with Crippen LogP contribution in [0.3, 0.4) is 0 Å².